The van der Waals surface area contributed by atoms with E-state index in [9.17, 15) is 0 Å². The second-order valence-corrected chi connectivity index (χ2v) is 4.23. The van der Waals surface area contributed by atoms with E-state index in [0.29, 0.717) is 0 Å². The van der Waals surface area contributed by atoms with Gasteiger partial charge < -0.3 is 5.32 Å². The van der Waals surface area contributed by atoms with Gasteiger partial charge in [-0.05, 0) is 43.4 Å². The van der Waals surface area contributed by atoms with Gasteiger partial charge in [0.1, 0.15) is 0 Å². The zero-order chi connectivity index (χ0) is 9.80. The summed E-state index contributed by atoms with van der Waals surface area (Å²) in [4.78, 5) is 0. The van der Waals surface area contributed by atoms with Crippen LogP contribution in [0.2, 0.25) is 0 Å². The molecule has 1 fully saturated rings. The van der Waals surface area contributed by atoms with Crippen molar-refractivity contribution in [2.75, 3.05) is 11.9 Å². The molecular formula is C13H18N. The predicted molar refractivity (Wildman–Crippen MR) is 61.3 cm³/mol. The molecule has 0 atom stereocenters. The van der Waals surface area contributed by atoms with E-state index in [1.165, 1.54) is 31.4 Å². The molecule has 1 aliphatic rings. The summed E-state index contributed by atoms with van der Waals surface area (Å²) in [6.45, 7) is 5.01. The van der Waals surface area contributed by atoms with Crippen LogP contribution >= 0.6 is 0 Å². The summed E-state index contributed by atoms with van der Waals surface area (Å²) in [6, 6.07) is 8.32. The molecule has 0 heterocycles. The molecule has 1 nitrogen and oxygen atoms in total. The number of anilines is 1. The fourth-order valence-corrected chi connectivity index (χ4v) is 2.10. The fourth-order valence-electron chi connectivity index (χ4n) is 2.10. The summed E-state index contributed by atoms with van der Waals surface area (Å²) in [5.74, 6) is 0.898. The number of hydrogen-bond donors (Lipinski definition) is 1. The molecule has 0 saturated heterocycles. The lowest BCUT2D eigenvalue weighted by Crippen LogP contribution is -2.10. The molecule has 0 unspecified atom stereocenters. The Kier molecular flexibility index (Phi) is 3.07. The van der Waals surface area contributed by atoms with Gasteiger partial charge in [-0.2, -0.15) is 0 Å². The van der Waals surface area contributed by atoms with Crippen molar-refractivity contribution in [2.45, 2.75) is 25.7 Å². The largest absolute Gasteiger partial charge is 0.385 e. The summed E-state index contributed by atoms with van der Waals surface area (Å²) in [5.41, 5.74) is 2.31. The Morgan fingerprint density at radius 2 is 1.79 bits per heavy atom. The van der Waals surface area contributed by atoms with E-state index in [1.807, 2.05) is 0 Å². The van der Waals surface area contributed by atoms with Crippen molar-refractivity contribution in [2.24, 2.45) is 5.92 Å². The van der Waals surface area contributed by atoms with E-state index in [-0.39, 0.29) is 0 Å². The predicted octanol–water partition coefficient (Wildman–Crippen LogP) is 3.47. The summed E-state index contributed by atoms with van der Waals surface area (Å²) >= 11 is 0. The van der Waals surface area contributed by atoms with E-state index >= 15 is 0 Å². The molecule has 0 aromatic heterocycles. The molecule has 2 rings (SSSR count). The molecule has 14 heavy (non-hydrogen) atoms. The first-order valence-corrected chi connectivity index (χ1v) is 5.50. The van der Waals surface area contributed by atoms with Crippen molar-refractivity contribution in [3.63, 3.8) is 0 Å². The third kappa shape index (κ3) is 2.50. The minimum absolute atomic E-state index is 0.898. The van der Waals surface area contributed by atoms with Crippen LogP contribution in [0.25, 0.3) is 0 Å². The Morgan fingerprint density at radius 3 is 2.43 bits per heavy atom. The molecule has 1 aromatic carbocycles. The lowest BCUT2D eigenvalue weighted by molar-refractivity contribution is 0.580. The maximum absolute atomic E-state index is 3.87. The van der Waals surface area contributed by atoms with Crippen LogP contribution in [0.15, 0.2) is 24.3 Å². The van der Waals surface area contributed by atoms with Crippen LogP contribution < -0.4 is 5.32 Å². The Hall–Kier alpha value is -0.980. The van der Waals surface area contributed by atoms with E-state index in [0.717, 1.165) is 18.0 Å². The quantitative estimate of drug-likeness (QED) is 0.765. The Bertz CT molecular complexity index is 270. The first-order valence-electron chi connectivity index (χ1n) is 5.50. The maximum Gasteiger partial charge on any atom is 0.0340 e. The van der Waals surface area contributed by atoms with E-state index < -0.39 is 0 Å². The van der Waals surface area contributed by atoms with Crippen molar-refractivity contribution >= 4 is 5.69 Å². The highest BCUT2D eigenvalue weighted by Gasteiger charge is 2.13. The lowest BCUT2D eigenvalue weighted by atomic mass is 10.1. The lowest BCUT2D eigenvalue weighted by Gasteiger charge is -2.11. The fraction of sp³-hybridized carbons (Fsp3) is 0.462. The summed E-state index contributed by atoms with van der Waals surface area (Å²) < 4.78 is 0. The van der Waals surface area contributed by atoms with Crippen LogP contribution in [-0.4, -0.2) is 6.54 Å². The molecule has 0 spiro atoms. The second kappa shape index (κ2) is 4.50. The minimum Gasteiger partial charge on any atom is -0.385 e. The zero-order valence-corrected chi connectivity index (χ0v) is 8.63. The number of hydrogen-bond acceptors (Lipinski definition) is 1. The maximum atomic E-state index is 3.87. The third-order valence-electron chi connectivity index (χ3n) is 3.02. The Balaban J connectivity index is 1.82. The summed E-state index contributed by atoms with van der Waals surface area (Å²) in [5, 5.41) is 3.49. The molecular weight excluding hydrogens is 170 g/mol. The van der Waals surface area contributed by atoms with Crippen molar-refractivity contribution in [1.82, 2.24) is 0 Å². The van der Waals surface area contributed by atoms with E-state index in [4.69, 9.17) is 0 Å². The van der Waals surface area contributed by atoms with Crippen molar-refractivity contribution in [3.8, 4) is 0 Å². The zero-order valence-electron chi connectivity index (χ0n) is 8.63. The molecule has 1 aromatic rings. The van der Waals surface area contributed by atoms with Gasteiger partial charge in [0, 0.05) is 12.2 Å². The van der Waals surface area contributed by atoms with E-state index in [2.05, 4.69) is 36.5 Å². The molecule has 1 aliphatic carbocycles. The van der Waals surface area contributed by atoms with Crippen LogP contribution in [0.1, 0.15) is 31.2 Å². The minimum atomic E-state index is 0.898. The van der Waals surface area contributed by atoms with Crippen molar-refractivity contribution < 1.29 is 0 Å². The summed E-state index contributed by atoms with van der Waals surface area (Å²) in [6.07, 6.45) is 5.65. The van der Waals surface area contributed by atoms with E-state index in [1.54, 1.807) is 0 Å². The standard InChI is InChI=1S/C13H18N/c1-11-6-8-13(9-7-11)14-10-12-4-2-3-5-12/h6-9,12,14H,1-5,10H2. The molecule has 0 bridgehead atoms. The molecule has 1 N–H and O–H groups in total. The van der Waals surface area contributed by atoms with Crippen LogP contribution in [-0.2, 0) is 0 Å². The monoisotopic (exact) mass is 188 g/mol. The van der Waals surface area contributed by atoms with Gasteiger partial charge in [-0.3, -0.25) is 0 Å². The van der Waals surface area contributed by atoms with Crippen molar-refractivity contribution in [1.29, 1.82) is 0 Å². The first-order chi connectivity index (χ1) is 6.84. The van der Waals surface area contributed by atoms with Gasteiger partial charge in [-0.25, -0.2) is 0 Å². The molecule has 1 heteroatoms. The average molecular weight is 188 g/mol. The van der Waals surface area contributed by atoms with Crippen LogP contribution in [0, 0.1) is 12.8 Å². The highest BCUT2D eigenvalue weighted by atomic mass is 14.9. The molecule has 0 amide bonds. The number of benzene rings is 1. The highest BCUT2D eigenvalue weighted by Crippen LogP contribution is 2.24. The van der Waals surface area contributed by atoms with Gasteiger partial charge in [0.25, 0.3) is 0 Å². The Morgan fingerprint density at radius 1 is 1.14 bits per heavy atom. The van der Waals surface area contributed by atoms with Gasteiger partial charge in [-0.1, -0.05) is 25.0 Å². The second-order valence-electron chi connectivity index (χ2n) is 4.23. The Labute approximate surface area is 86.5 Å². The normalized spacial score (nSPS) is 17.2. The molecule has 0 aliphatic heterocycles. The number of rotatable bonds is 3. The molecule has 1 radical (unpaired) electrons. The van der Waals surface area contributed by atoms with Gasteiger partial charge in [-0.15, -0.1) is 0 Å². The topological polar surface area (TPSA) is 12.0 Å². The molecule has 75 valence electrons. The SMILES string of the molecule is [CH2]c1ccc(NCC2CCCC2)cc1. The van der Waals surface area contributed by atoms with Gasteiger partial charge in [0.15, 0.2) is 0 Å². The summed E-state index contributed by atoms with van der Waals surface area (Å²) in [7, 11) is 0. The van der Waals surface area contributed by atoms with Crippen LogP contribution in [0.4, 0.5) is 5.69 Å². The smallest absolute Gasteiger partial charge is 0.0340 e. The highest BCUT2D eigenvalue weighted by molar-refractivity contribution is 5.45. The number of nitrogens with one attached hydrogen (secondary N) is 1. The average Bonchev–Trinajstić information content (AvgIpc) is 2.70. The van der Waals surface area contributed by atoms with Gasteiger partial charge >= 0.3 is 0 Å². The van der Waals surface area contributed by atoms with Crippen LogP contribution in [0.5, 0.6) is 0 Å². The van der Waals surface area contributed by atoms with Crippen molar-refractivity contribution in [3.05, 3.63) is 36.8 Å². The van der Waals surface area contributed by atoms with Gasteiger partial charge in [0.05, 0.1) is 0 Å². The first kappa shape index (κ1) is 9.57. The third-order valence-corrected chi connectivity index (χ3v) is 3.02. The van der Waals surface area contributed by atoms with Crippen LogP contribution in [0.3, 0.4) is 0 Å². The van der Waals surface area contributed by atoms with Gasteiger partial charge in [0.2, 0.25) is 0 Å². The molecule has 1 saturated carbocycles.